The maximum Gasteiger partial charge on any atom is 0.325 e. The van der Waals surface area contributed by atoms with Crippen molar-refractivity contribution in [3.63, 3.8) is 0 Å². The lowest BCUT2D eigenvalue weighted by molar-refractivity contribution is -0.133. The number of benzene rings is 1. The highest BCUT2D eigenvalue weighted by Crippen LogP contribution is 2.36. The number of amides is 3. The molecule has 1 aromatic carbocycles. The summed E-state index contributed by atoms with van der Waals surface area (Å²) in [4.78, 5) is 26.6. The standard InChI is InChI=1S/C18H24N2O3/c1-18(14-8-4-3-5-9-14)16(21)20(17(22)19-18)12-13-7-6-10-15(11-13)23-2/h6-7,10-11,14H,3-5,8-9,12H2,1-2H3,(H,19,22)/t18-/m0/s1. The maximum absolute atomic E-state index is 12.9. The molecule has 3 rings (SSSR count). The molecule has 5 nitrogen and oxygen atoms in total. The van der Waals surface area contributed by atoms with Crippen LogP contribution in [-0.4, -0.2) is 29.5 Å². The number of hydrogen-bond acceptors (Lipinski definition) is 3. The Labute approximate surface area is 137 Å². The summed E-state index contributed by atoms with van der Waals surface area (Å²) in [5.74, 6) is 0.866. The van der Waals surface area contributed by atoms with E-state index in [1.165, 1.54) is 11.3 Å². The zero-order chi connectivity index (χ0) is 16.4. The van der Waals surface area contributed by atoms with E-state index in [9.17, 15) is 9.59 Å². The first-order chi connectivity index (χ1) is 11.0. The second kappa shape index (κ2) is 6.22. The molecule has 1 saturated heterocycles. The Balaban J connectivity index is 1.78. The molecule has 2 aliphatic rings. The van der Waals surface area contributed by atoms with Gasteiger partial charge in [0.1, 0.15) is 11.3 Å². The minimum Gasteiger partial charge on any atom is -0.497 e. The molecule has 0 radical (unpaired) electrons. The predicted molar refractivity (Wildman–Crippen MR) is 87.1 cm³/mol. The average molecular weight is 316 g/mol. The van der Waals surface area contributed by atoms with Gasteiger partial charge in [-0.2, -0.15) is 0 Å². The molecule has 0 aromatic heterocycles. The zero-order valence-corrected chi connectivity index (χ0v) is 13.8. The van der Waals surface area contributed by atoms with Crippen molar-refractivity contribution in [2.75, 3.05) is 7.11 Å². The summed E-state index contributed by atoms with van der Waals surface area (Å²) in [6.07, 6.45) is 5.52. The van der Waals surface area contributed by atoms with Gasteiger partial charge < -0.3 is 10.1 Å². The molecule has 1 atom stereocenters. The first-order valence-corrected chi connectivity index (χ1v) is 8.31. The Bertz CT molecular complexity index is 610. The van der Waals surface area contributed by atoms with Crippen LogP contribution in [0.2, 0.25) is 0 Å². The number of nitrogens with zero attached hydrogens (tertiary/aromatic N) is 1. The summed E-state index contributed by atoms with van der Waals surface area (Å²) in [5.41, 5.74) is 0.136. The molecular weight excluding hydrogens is 292 g/mol. The van der Waals surface area contributed by atoms with E-state index >= 15 is 0 Å². The summed E-state index contributed by atoms with van der Waals surface area (Å²) in [6.45, 7) is 2.17. The Kier molecular flexibility index (Phi) is 4.28. The molecule has 1 aliphatic carbocycles. The van der Waals surface area contributed by atoms with E-state index < -0.39 is 5.54 Å². The predicted octanol–water partition coefficient (Wildman–Crippen LogP) is 3.09. The third-order valence-corrected chi connectivity index (χ3v) is 5.20. The molecule has 1 N–H and O–H groups in total. The van der Waals surface area contributed by atoms with Crippen LogP contribution >= 0.6 is 0 Å². The summed E-state index contributed by atoms with van der Waals surface area (Å²) in [5, 5.41) is 2.95. The average Bonchev–Trinajstić information content (AvgIpc) is 2.80. The fourth-order valence-electron chi connectivity index (χ4n) is 3.77. The molecule has 3 amide bonds. The molecule has 0 unspecified atom stereocenters. The highest BCUT2D eigenvalue weighted by Gasteiger charge is 2.52. The molecule has 1 heterocycles. The lowest BCUT2D eigenvalue weighted by atomic mass is 9.75. The van der Waals surface area contributed by atoms with E-state index in [1.807, 2.05) is 31.2 Å². The third kappa shape index (κ3) is 2.92. The highest BCUT2D eigenvalue weighted by molar-refractivity contribution is 6.06. The van der Waals surface area contributed by atoms with Crippen molar-refractivity contribution in [2.24, 2.45) is 5.92 Å². The largest absolute Gasteiger partial charge is 0.497 e. The number of carbonyl (C=O) groups is 2. The minimum absolute atomic E-state index is 0.0998. The SMILES string of the molecule is COc1cccc(CN2C(=O)N[C@@](C)(C3CCCCC3)C2=O)c1. The molecule has 5 heteroatoms. The van der Waals surface area contributed by atoms with Crippen LogP contribution in [0.4, 0.5) is 4.79 Å². The number of methoxy groups -OCH3 is 1. The molecular formula is C18H24N2O3. The molecule has 0 spiro atoms. The van der Waals surface area contributed by atoms with E-state index in [-0.39, 0.29) is 24.4 Å². The van der Waals surface area contributed by atoms with Crippen molar-refractivity contribution in [1.29, 1.82) is 0 Å². The topological polar surface area (TPSA) is 58.6 Å². The van der Waals surface area contributed by atoms with Gasteiger partial charge in [0.25, 0.3) is 5.91 Å². The smallest absolute Gasteiger partial charge is 0.325 e. The monoisotopic (exact) mass is 316 g/mol. The Morgan fingerprint density at radius 1 is 1.26 bits per heavy atom. The highest BCUT2D eigenvalue weighted by atomic mass is 16.5. The quantitative estimate of drug-likeness (QED) is 0.868. The fraction of sp³-hybridized carbons (Fsp3) is 0.556. The third-order valence-electron chi connectivity index (χ3n) is 5.20. The molecule has 1 saturated carbocycles. The van der Waals surface area contributed by atoms with Crippen molar-refractivity contribution in [3.05, 3.63) is 29.8 Å². The number of hydrogen-bond donors (Lipinski definition) is 1. The van der Waals surface area contributed by atoms with Gasteiger partial charge in [-0.05, 0) is 43.4 Å². The van der Waals surface area contributed by atoms with Crippen molar-refractivity contribution in [2.45, 2.75) is 51.1 Å². The van der Waals surface area contributed by atoms with Crippen molar-refractivity contribution in [1.82, 2.24) is 10.2 Å². The fourth-order valence-corrected chi connectivity index (χ4v) is 3.77. The first-order valence-electron chi connectivity index (χ1n) is 8.31. The van der Waals surface area contributed by atoms with Gasteiger partial charge in [-0.25, -0.2) is 4.79 Å². The number of rotatable bonds is 4. The molecule has 1 aromatic rings. The van der Waals surface area contributed by atoms with Crippen LogP contribution in [0.25, 0.3) is 0 Å². The van der Waals surface area contributed by atoms with Gasteiger partial charge in [0.15, 0.2) is 0 Å². The number of nitrogens with one attached hydrogen (secondary N) is 1. The van der Waals surface area contributed by atoms with Crippen LogP contribution in [0.15, 0.2) is 24.3 Å². The van der Waals surface area contributed by atoms with Crippen LogP contribution in [0.1, 0.15) is 44.6 Å². The van der Waals surface area contributed by atoms with Gasteiger partial charge >= 0.3 is 6.03 Å². The maximum atomic E-state index is 12.9. The van der Waals surface area contributed by atoms with E-state index in [2.05, 4.69) is 5.32 Å². The Morgan fingerprint density at radius 2 is 2.00 bits per heavy atom. The first kappa shape index (κ1) is 15.8. The van der Waals surface area contributed by atoms with Gasteiger partial charge in [-0.1, -0.05) is 31.4 Å². The molecule has 2 fully saturated rings. The Hall–Kier alpha value is -2.04. The summed E-state index contributed by atoms with van der Waals surface area (Å²) < 4.78 is 5.21. The zero-order valence-electron chi connectivity index (χ0n) is 13.8. The summed E-state index contributed by atoms with van der Waals surface area (Å²) in [7, 11) is 1.60. The molecule has 23 heavy (non-hydrogen) atoms. The second-order valence-corrected chi connectivity index (χ2v) is 6.71. The van der Waals surface area contributed by atoms with Gasteiger partial charge in [0, 0.05) is 0 Å². The minimum atomic E-state index is -0.754. The van der Waals surface area contributed by atoms with Crippen LogP contribution in [0, 0.1) is 5.92 Å². The van der Waals surface area contributed by atoms with Gasteiger partial charge in [-0.15, -0.1) is 0 Å². The number of ether oxygens (including phenoxy) is 1. The van der Waals surface area contributed by atoms with Crippen molar-refractivity contribution in [3.8, 4) is 5.75 Å². The van der Waals surface area contributed by atoms with E-state index in [4.69, 9.17) is 4.74 Å². The van der Waals surface area contributed by atoms with Crippen LogP contribution in [-0.2, 0) is 11.3 Å². The van der Waals surface area contributed by atoms with Crippen molar-refractivity contribution >= 4 is 11.9 Å². The van der Waals surface area contributed by atoms with Crippen LogP contribution in [0.3, 0.4) is 0 Å². The summed E-state index contributed by atoms with van der Waals surface area (Å²) >= 11 is 0. The lowest BCUT2D eigenvalue weighted by Crippen LogP contribution is -2.51. The van der Waals surface area contributed by atoms with Crippen LogP contribution < -0.4 is 10.1 Å². The number of carbonyl (C=O) groups excluding carboxylic acids is 2. The lowest BCUT2D eigenvalue weighted by Gasteiger charge is -2.34. The normalized spacial score (nSPS) is 25.6. The number of imide groups is 1. The van der Waals surface area contributed by atoms with Crippen molar-refractivity contribution < 1.29 is 14.3 Å². The van der Waals surface area contributed by atoms with Gasteiger partial charge in [-0.3, -0.25) is 9.69 Å². The van der Waals surface area contributed by atoms with E-state index in [1.54, 1.807) is 7.11 Å². The van der Waals surface area contributed by atoms with E-state index in [0.29, 0.717) is 0 Å². The van der Waals surface area contributed by atoms with Gasteiger partial charge in [0.05, 0.1) is 13.7 Å². The van der Waals surface area contributed by atoms with E-state index in [0.717, 1.165) is 37.0 Å². The molecule has 1 aliphatic heterocycles. The molecule has 124 valence electrons. The van der Waals surface area contributed by atoms with Gasteiger partial charge in [0.2, 0.25) is 0 Å². The van der Waals surface area contributed by atoms with Crippen LogP contribution in [0.5, 0.6) is 5.75 Å². The number of urea groups is 1. The molecule has 0 bridgehead atoms. The summed E-state index contributed by atoms with van der Waals surface area (Å²) in [6, 6.07) is 7.19. The second-order valence-electron chi connectivity index (χ2n) is 6.71. The Morgan fingerprint density at radius 3 is 2.70 bits per heavy atom.